The highest BCUT2D eigenvalue weighted by Gasteiger charge is 2.04. The molecular formula is C14H18ClN3O. The first-order valence-corrected chi connectivity index (χ1v) is 6.63. The third kappa shape index (κ3) is 4.35. The van der Waals surface area contributed by atoms with Crippen LogP contribution in [0.2, 0.25) is 5.02 Å². The molecule has 2 rings (SSSR count). The van der Waals surface area contributed by atoms with E-state index in [0.29, 0.717) is 6.61 Å². The van der Waals surface area contributed by atoms with Crippen LogP contribution in [0.4, 0.5) is 0 Å². The summed E-state index contributed by atoms with van der Waals surface area (Å²) in [5, 5.41) is 4.05. The van der Waals surface area contributed by atoms with E-state index in [-0.39, 0.29) is 0 Å². The van der Waals surface area contributed by atoms with Crippen molar-refractivity contribution in [2.24, 2.45) is 0 Å². The average molecular weight is 280 g/mol. The highest BCUT2D eigenvalue weighted by atomic mass is 35.5. The van der Waals surface area contributed by atoms with Crippen LogP contribution in [0.5, 0.6) is 0 Å². The number of imidazole rings is 1. The lowest BCUT2D eigenvalue weighted by Crippen LogP contribution is -2.18. The van der Waals surface area contributed by atoms with Crippen molar-refractivity contribution < 1.29 is 4.74 Å². The first-order valence-electron chi connectivity index (χ1n) is 6.25. The van der Waals surface area contributed by atoms with Crippen molar-refractivity contribution >= 4 is 11.6 Å². The number of hydrogen-bond donors (Lipinski definition) is 2. The van der Waals surface area contributed by atoms with Gasteiger partial charge in [-0.25, -0.2) is 4.98 Å². The maximum absolute atomic E-state index is 6.13. The molecule has 1 aromatic carbocycles. The fourth-order valence-corrected chi connectivity index (χ4v) is 2.01. The fourth-order valence-electron chi connectivity index (χ4n) is 1.80. The number of nitrogens with one attached hydrogen (secondary N) is 2. The van der Waals surface area contributed by atoms with Crippen molar-refractivity contribution in [3.8, 4) is 0 Å². The van der Waals surface area contributed by atoms with Crippen LogP contribution in [0.3, 0.4) is 0 Å². The van der Waals surface area contributed by atoms with Gasteiger partial charge in [0.05, 0.1) is 6.61 Å². The Morgan fingerprint density at radius 1 is 1.37 bits per heavy atom. The number of aromatic amines is 1. The molecule has 102 valence electrons. The lowest BCUT2D eigenvalue weighted by Gasteiger charge is -2.02. The lowest BCUT2D eigenvalue weighted by molar-refractivity contribution is 0.199. The van der Waals surface area contributed by atoms with Crippen LogP contribution >= 0.6 is 11.6 Å². The van der Waals surface area contributed by atoms with Gasteiger partial charge in [-0.1, -0.05) is 29.8 Å². The predicted octanol–water partition coefficient (Wildman–Crippen LogP) is 2.39. The minimum atomic E-state index is 0.709. The molecule has 1 aromatic heterocycles. The van der Waals surface area contributed by atoms with Crippen molar-refractivity contribution in [1.82, 2.24) is 15.3 Å². The van der Waals surface area contributed by atoms with Gasteiger partial charge in [0.25, 0.3) is 0 Å². The van der Waals surface area contributed by atoms with Crippen LogP contribution in [0, 0.1) is 0 Å². The lowest BCUT2D eigenvalue weighted by atomic mass is 10.1. The summed E-state index contributed by atoms with van der Waals surface area (Å²) in [6, 6.07) is 7.82. The molecule has 0 bridgehead atoms. The number of benzene rings is 1. The summed E-state index contributed by atoms with van der Waals surface area (Å²) in [7, 11) is 1.69. The molecule has 0 unspecified atom stereocenters. The van der Waals surface area contributed by atoms with E-state index in [0.717, 1.165) is 41.6 Å². The van der Waals surface area contributed by atoms with E-state index < -0.39 is 0 Å². The minimum absolute atomic E-state index is 0.709. The summed E-state index contributed by atoms with van der Waals surface area (Å²) in [4.78, 5) is 7.66. The number of ether oxygens (including phenoxy) is 1. The van der Waals surface area contributed by atoms with Gasteiger partial charge in [-0.15, -0.1) is 0 Å². The first kappa shape index (κ1) is 14.1. The summed E-state index contributed by atoms with van der Waals surface area (Å²) in [5.74, 6) is 0.927. The molecule has 0 saturated carbocycles. The maximum Gasteiger partial charge on any atom is 0.110 e. The number of halogens is 1. The third-order valence-electron chi connectivity index (χ3n) is 2.80. The molecule has 0 spiro atoms. The van der Waals surface area contributed by atoms with Crippen LogP contribution in [0.1, 0.15) is 17.1 Å². The van der Waals surface area contributed by atoms with Gasteiger partial charge in [0.1, 0.15) is 5.82 Å². The molecule has 0 atom stereocenters. The van der Waals surface area contributed by atoms with Gasteiger partial charge < -0.3 is 15.0 Å². The first-order chi connectivity index (χ1) is 9.29. The van der Waals surface area contributed by atoms with Gasteiger partial charge >= 0.3 is 0 Å². The van der Waals surface area contributed by atoms with E-state index in [2.05, 4.69) is 15.3 Å². The number of nitrogens with zero attached hydrogens (tertiary/aromatic N) is 1. The summed E-state index contributed by atoms with van der Waals surface area (Å²) in [5.41, 5.74) is 2.15. The fraction of sp³-hybridized carbons (Fsp3) is 0.357. The summed E-state index contributed by atoms with van der Waals surface area (Å²) < 4.78 is 4.97. The number of H-pyrrole nitrogens is 1. The average Bonchev–Trinajstić information content (AvgIpc) is 2.85. The SMILES string of the molecule is COCCNCc1cnc(Cc2ccccc2Cl)[nH]1. The third-order valence-corrected chi connectivity index (χ3v) is 3.16. The van der Waals surface area contributed by atoms with Crippen molar-refractivity contribution in [1.29, 1.82) is 0 Å². The Labute approximate surface area is 118 Å². The highest BCUT2D eigenvalue weighted by molar-refractivity contribution is 6.31. The van der Waals surface area contributed by atoms with Crippen LogP contribution < -0.4 is 5.32 Å². The zero-order valence-corrected chi connectivity index (χ0v) is 11.7. The van der Waals surface area contributed by atoms with E-state index in [1.165, 1.54) is 0 Å². The van der Waals surface area contributed by atoms with E-state index in [1.54, 1.807) is 7.11 Å². The Bertz CT molecular complexity index is 513. The monoisotopic (exact) mass is 279 g/mol. The quantitative estimate of drug-likeness (QED) is 0.765. The van der Waals surface area contributed by atoms with E-state index in [4.69, 9.17) is 16.3 Å². The molecule has 0 saturated heterocycles. The van der Waals surface area contributed by atoms with Gasteiger partial charge in [0.15, 0.2) is 0 Å². The Morgan fingerprint density at radius 2 is 2.21 bits per heavy atom. The number of aromatic nitrogens is 2. The van der Waals surface area contributed by atoms with Crippen molar-refractivity contribution in [2.75, 3.05) is 20.3 Å². The molecule has 2 N–H and O–H groups in total. The van der Waals surface area contributed by atoms with Crippen molar-refractivity contribution in [2.45, 2.75) is 13.0 Å². The van der Waals surface area contributed by atoms with Gasteiger partial charge in [0, 0.05) is 43.5 Å². The molecule has 0 amide bonds. The second-order valence-corrected chi connectivity index (χ2v) is 4.70. The minimum Gasteiger partial charge on any atom is -0.383 e. The predicted molar refractivity (Wildman–Crippen MR) is 76.4 cm³/mol. The van der Waals surface area contributed by atoms with Crippen LogP contribution in [-0.4, -0.2) is 30.2 Å². The number of hydrogen-bond acceptors (Lipinski definition) is 3. The normalized spacial score (nSPS) is 10.8. The molecule has 4 nitrogen and oxygen atoms in total. The van der Waals surface area contributed by atoms with Gasteiger partial charge in [-0.05, 0) is 11.6 Å². The molecule has 0 aliphatic carbocycles. The number of methoxy groups -OCH3 is 1. The summed E-state index contributed by atoms with van der Waals surface area (Å²) in [6.07, 6.45) is 2.57. The number of rotatable bonds is 7. The second-order valence-electron chi connectivity index (χ2n) is 4.29. The second kappa shape index (κ2) is 7.28. The van der Waals surface area contributed by atoms with E-state index >= 15 is 0 Å². The Kier molecular flexibility index (Phi) is 5.39. The molecule has 0 aliphatic rings. The van der Waals surface area contributed by atoms with E-state index in [9.17, 15) is 0 Å². The van der Waals surface area contributed by atoms with Crippen molar-refractivity contribution in [3.63, 3.8) is 0 Å². The van der Waals surface area contributed by atoms with Crippen LogP contribution in [-0.2, 0) is 17.7 Å². The molecule has 2 aromatic rings. The largest absolute Gasteiger partial charge is 0.383 e. The molecule has 19 heavy (non-hydrogen) atoms. The molecule has 0 fully saturated rings. The zero-order valence-electron chi connectivity index (χ0n) is 10.9. The Balaban J connectivity index is 1.89. The zero-order chi connectivity index (χ0) is 13.5. The summed E-state index contributed by atoms with van der Waals surface area (Å²) in [6.45, 7) is 2.30. The van der Waals surface area contributed by atoms with Crippen molar-refractivity contribution in [3.05, 3.63) is 52.6 Å². The van der Waals surface area contributed by atoms with Gasteiger partial charge in [-0.2, -0.15) is 0 Å². The smallest absolute Gasteiger partial charge is 0.110 e. The van der Waals surface area contributed by atoms with Crippen LogP contribution in [0.25, 0.3) is 0 Å². The summed E-state index contributed by atoms with van der Waals surface area (Å²) >= 11 is 6.13. The molecule has 5 heteroatoms. The van der Waals surface area contributed by atoms with Gasteiger partial charge in [-0.3, -0.25) is 0 Å². The molecule has 0 aliphatic heterocycles. The molecule has 1 heterocycles. The van der Waals surface area contributed by atoms with Crippen LogP contribution in [0.15, 0.2) is 30.5 Å². The molecule has 0 radical (unpaired) electrons. The van der Waals surface area contributed by atoms with E-state index in [1.807, 2.05) is 30.5 Å². The Hall–Kier alpha value is -1.36. The highest BCUT2D eigenvalue weighted by Crippen LogP contribution is 2.17. The Morgan fingerprint density at radius 3 is 3.00 bits per heavy atom. The van der Waals surface area contributed by atoms with Gasteiger partial charge in [0.2, 0.25) is 0 Å². The maximum atomic E-state index is 6.13. The standard InChI is InChI=1S/C14H18ClN3O/c1-19-7-6-16-9-12-10-17-14(18-12)8-11-4-2-3-5-13(11)15/h2-5,10,16H,6-9H2,1H3,(H,17,18). The molecular weight excluding hydrogens is 262 g/mol. The topological polar surface area (TPSA) is 49.9 Å².